The van der Waals surface area contributed by atoms with Crippen LogP contribution in [0.15, 0.2) is 41.3 Å². The number of halogens is 3. The zero-order valence-electron chi connectivity index (χ0n) is 13.6. The normalized spacial score (nSPS) is 17.6. The van der Waals surface area contributed by atoms with E-state index < -0.39 is 44.4 Å². The highest BCUT2D eigenvalue weighted by molar-refractivity contribution is 7.89. The first-order chi connectivity index (χ1) is 12.3. The van der Waals surface area contributed by atoms with Gasteiger partial charge in [0, 0.05) is 13.0 Å². The molecule has 0 saturated heterocycles. The van der Waals surface area contributed by atoms with Gasteiger partial charge in [0.1, 0.15) is 10.9 Å². The number of benzene rings is 2. The van der Waals surface area contributed by atoms with E-state index in [-0.39, 0.29) is 13.0 Å². The Labute approximate surface area is 148 Å². The lowest BCUT2D eigenvalue weighted by Crippen LogP contribution is -2.49. The molecule has 0 aliphatic carbocycles. The highest BCUT2D eigenvalue weighted by atomic mass is 32.2. The highest BCUT2D eigenvalue weighted by Crippen LogP contribution is 2.31. The summed E-state index contributed by atoms with van der Waals surface area (Å²) in [4.78, 5) is 11.1. The molecule has 0 unspecified atom stereocenters. The Bertz CT molecular complexity index is 978. The Morgan fingerprint density at radius 3 is 2.38 bits per heavy atom. The minimum atomic E-state index is -4.63. The molecule has 2 aromatic carbocycles. The van der Waals surface area contributed by atoms with E-state index in [1.165, 1.54) is 0 Å². The Kier molecular flexibility index (Phi) is 4.76. The molecule has 26 heavy (non-hydrogen) atoms. The second-order valence-corrected chi connectivity index (χ2v) is 7.59. The zero-order valence-corrected chi connectivity index (χ0v) is 14.4. The molecule has 1 aliphatic rings. The number of sulfonamides is 1. The third-order valence-electron chi connectivity index (χ3n) is 4.27. The van der Waals surface area contributed by atoms with E-state index in [9.17, 15) is 26.4 Å². The molecule has 2 aromatic rings. The first-order valence-electron chi connectivity index (χ1n) is 7.57. The average molecular weight is 385 g/mol. The molecule has 3 rings (SSSR count). The van der Waals surface area contributed by atoms with Gasteiger partial charge in [-0.05, 0) is 23.3 Å². The van der Waals surface area contributed by atoms with Crippen molar-refractivity contribution in [3.05, 3.63) is 65.0 Å². The zero-order chi connectivity index (χ0) is 19.1. The summed E-state index contributed by atoms with van der Waals surface area (Å²) in [5.74, 6) is -6.05. The number of hydrogen-bond acceptors (Lipinski definition) is 4. The molecule has 0 N–H and O–H groups in total. The summed E-state index contributed by atoms with van der Waals surface area (Å²) in [6.45, 7) is -0.225. The summed E-state index contributed by atoms with van der Waals surface area (Å²) in [7, 11) is -3.53. The lowest BCUT2D eigenvalue weighted by atomic mass is 9.96. The van der Waals surface area contributed by atoms with E-state index in [1.807, 2.05) is 0 Å². The van der Waals surface area contributed by atoms with Gasteiger partial charge in [-0.3, -0.25) is 4.79 Å². The molecule has 0 bridgehead atoms. The summed E-state index contributed by atoms with van der Waals surface area (Å²) < 4.78 is 72.0. The molecular weight excluding hydrogens is 371 g/mol. The van der Waals surface area contributed by atoms with Gasteiger partial charge in [-0.15, -0.1) is 0 Å². The van der Waals surface area contributed by atoms with E-state index in [4.69, 9.17) is 0 Å². The quantitative estimate of drug-likeness (QED) is 0.601. The number of methoxy groups -OCH3 is 1. The predicted octanol–water partition coefficient (Wildman–Crippen LogP) is 2.39. The maximum absolute atomic E-state index is 14.1. The molecule has 0 aromatic heterocycles. The van der Waals surface area contributed by atoms with Gasteiger partial charge in [-0.2, -0.15) is 4.31 Å². The first-order valence-corrected chi connectivity index (χ1v) is 9.01. The molecule has 9 heteroatoms. The topological polar surface area (TPSA) is 63.7 Å². The SMILES string of the molecule is COC(=O)[C@@H]1Cc2ccccc2CN1S(=O)(=O)c1ccc(F)c(F)c1F. The standard InChI is InChI=1S/C17H14F3NO4S/c1-25-17(22)13-8-10-4-2-3-5-11(10)9-21(13)26(23,24)14-7-6-12(18)15(19)16(14)20/h2-7,13H,8-9H2,1H3/t13-/m0/s1. The van der Waals surface area contributed by atoms with Crippen LogP contribution in [0.3, 0.4) is 0 Å². The maximum atomic E-state index is 14.1. The van der Waals surface area contributed by atoms with Crippen LogP contribution in [-0.2, 0) is 32.5 Å². The minimum absolute atomic E-state index is 0.0212. The van der Waals surface area contributed by atoms with Crippen LogP contribution in [0.25, 0.3) is 0 Å². The summed E-state index contributed by atoms with van der Waals surface area (Å²) in [5, 5.41) is 0. The van der Waals surface area contributed by atoms with Gasteiger partial charge >= 0.3 is 5.97 Å². The number of rotatable bonds is 3. The molecule has 1 atom stereocenters. The van der Waals surface area contributed by atoms with Crippen LogP contribution in [0, 0.1) is 17.5 Å². The summed E-state index contributed by atoms with van der Waals surface area (Å²) >= 11 is 0. The van der Waals surface area contributed by atoms with Crippen LogP contribution in [0.4, 0.5) is 13.2 Å². The number of ether oxygens (including phenoxy) is 1. The lowest BCUT2D eigenvalue weighted by Gasteiger charge is -2.34. The number of carbonyl (C=O) groups is 1. The first kappa shape index (κ1) is 18.4. The van der Waals surface area contributed by atoms with Gasteiger partial charge in [-0.25, -0.2) is 21.6 Å². The number of carbonyl (C=O) groups excluding carboxylic acids is 1. The molecule has 0 radical (unpaired) electrons. The van der Waals surface area contributed by atoms with Crippen molar-refractivity contribution in [3.8, 4) is 0 Å². The van der Waals surface area contributed by atoms with Crippen LogP contribution < -0.4 is 0 Å². The monoisotopic (exact) mass is 385 g/mol. The number of hydrogen-bond donors (Lipinski definition) is 0. The van der Waals surface area contributed by atoms with Crippen LogP contribution >= 0.6 is 0 Å². The van der Waals surface area contributed by atoms with Crippen LogP contribution in [0.5, 0.6) is 0 Å². The van der Waals surface area contributed by atoms with Crippen molar-refractivity contribution in [2.75, 3.05) is 7.11 Å². The molecular formula is C17H14F3NO4S. The van der Waals surface area contributed by atoms with Gasteiger partial charge in [0.2, 0.25) is 10.0 Å². The minimum Gasteiger partial charge on any atom is -0.468 e. The van der Waals surface area contributed by atoms with E-state index in [0.29, 0.717) is 17.7 Å². The van der Waals surface area contributed by atoms with Crippen LogP contribution in [0.1, 0.15) is 11.1 Å². The van der Waals surface area contributed by atoms with Crippen molar-refractivity contribution < 1.29 is 31.1 Å². The lowest BCUT2D eigenvalue weighted by molar-refractivity contribution is -0.145. The van der Waals surface area contributed by atoms with Gasteiger partial charge in [0.15, 0.2) is 17.5 Å². The van der Waals surface area contributed by atoms with Crippen molar-refractivity contribution in [2.45, 2.75) is 23.9 Å². The van der Waals surface area contributed by atoms with Gasteiger partial charge in [0.25, 0.3) is 0 Å². The molecule has 138 valence electrons. The number of esters is 1. The summed E-state index contributed by atoms with van der Waals surface area (Å²) in [5.41, 5.74) is 1.37. The fourth-order valence-electron chi connectivity index (χ4n) is 2.92. The summed E-state index contributed by atoms with van der Waals surface area (Å²) in [6, 6.07) is 6.77. The highest BCUT2D eigenvalue weighted by Gasteiger charge is 2.41. The molecule has 0 spiro atoms. The maximum Gasteiger partial charge on any atom is 0.324 e. The Hall–Kier alpha value is -2.39. The Balaban J connectivity index is 2.13. The van der Waals surface area contributed by atoms with E-state index in [1.54, 1.807) is 24.3 Å². The fraction of sp³-hybridized carbons (Fsp3) is 0.235. The largest absolute Gasteiger partial charge is 0.468 e. The molecule has 1 aliphatic heterocycles. The van der Waals surface area contributed by atoms with Crippen LogP contribution in [0.2, 0.25) is 0 Å². The van der Waals surface area contributed by atoms with Gasteiger partial charge < -0.3 is 4.74 Å². The van der Waals surface area contributed by atoms with Gasteiger partial charge in [-0.1, -0.05) is 24.3 Å². The molecule has 5 nitrogen and oxygen atoms in total. The third-order valence-corrected chi connectivity index (χ3v) is 6.14. The molecule has 1 heterocycles. The number of fused-ring (bicyclic) bond motifs is 1. The Morgan fingerprint density at radius 1 is 1.08 bits per heavy atom. The summed E-state index contributed by atoms with van der Waals surface area (Å²) in [6.07, 6.45) is 0.0212. The van der Waals surface area contributed by atoms with Crippen molar-refractivity contribution in [2.24, 2.45) is 0 Å². The predicted molar refractivity (Wildman–Crippen MR) is 85.0 cm³/mol. The second-order valence-electron chi connectivity index (χ2n) is 5.74. The van der Waals surface area contributed by atoms with Crippen molar-refractivity contribution in [3.63, 3.8) is 0 Å². The molecule has 0 saturated carbocycles. The molecule has 0 amide bonds. The van der Waals surface area contributed by atoms with E-state index in [0.717, 1.165) is 17.0 Å². The van der Waals surface area contributed by atoms with Crippen molar-refractivity contribution in [1.29, 1.82) is 0 Å². The third kappa shape index (κ3) is 2.97. The number of nitrogens with zero attached hydrogens (tertiary/aromatic N) is 1. The average Bonchev–Trinajstić information content (AvgIpc) is 2.64. The molecule has 0 fully saturated rings. The van der Waals surface area contributed by atoms with Crippen molar-refractivity contribution in [1.82, 2.24) is 4.31 Å². The Morgan fingerprint density at radius 2 is 1.73 bits per heavy atom. The smallest absolute Gasteiger partial charge is 0.324 e. The van der Waals surface area contributed by atoms with Crippen molar-refractivity contribution >= 4 is 16.0 Å². The van der Waals surface area contributed by atoms with E-state index >= 15 is 0 Å². The van der Waals surface area contributed by atoms with E-state index in [2.05, 4.69) is 4.74 Å². The fourth-order valence-corrected chi connectivity index (χ4v) is 4.54. The second kappa shape index (κ2) is 6.73. The van der Waals surface area contributed by atoms with Gasteiger partial charge in [0.05, 0.1) is 7.11 Å². The van der Waals surface area contributed by atoms with Crippen LogP contribution in [-0.4, -0.2) is 31.8 Å².